The highest BCUT2D eigenvalue weighted by Gasteiger charge is 1.98. The first-order valence-electron chi connectivity index (χ1n) is 4.51. The molecule has 0 saturated heterocycles. The van der Waals surface area contributed by atoms with Crippen molar-refractivity contribution in [2.24, 2.45) is 5.18 Å². The summed E-state index contributed by atoms with van der Waals surface area (Å²) in [5, 5.41) is 2.86. The highest BCUT2D eigenvalue weighted by Crippen LogP contribution is 2.15. The molecule has 1 aromatic heterocycles. The lowest BCUT2D eigenvalue weighted by Crippen LogP contribution is -1.88. The normalized spacial score (nSPS) is 10.2. The minimum atomic E-state index is 0.226. The Bertz CT molecular complexity index is 462. The lowest BCUT2D eigenvalue weighted by molar-refractivity contribution is 1.02. The van der Waals surface area contributed by atoms with Crippen LogP contribution >= 0.6 is 15.9 Å². The van der Waals surface area contributed by atoms with Gasteiger partial charge in [0.2, 0.25) is 0 Å². The Labute approximate surface area is 95.8 Å². The second-order valence-electron chi connectivity index (χ2n) is 3.19. The van der Waals surface area contributed by atoms with Gasteiger partial charge in [0.15, 0.2) is 0 Å². The molecule has 0 spiro atoms. The number of nitroso groups, excluding NO2 is 1. The molecule has 76 valence electrons. The molecule has 0 fully saturated rings. The van der Waals surface area contributed by atoms with Crippen LogP contribution < -0.4 is 0 Å². The number of halogens is 1. The van der Waals surface area contributed by atoms with Crippen molar-refractivity contribution in [3.8, 4) is 5.69 Å². The quantitative estimate of drug-likeness (QED) is 0.782. The van der Waals surface area contributed by atoms with Crippen molar-refractivity contribution in [2.75, 3.05) is 0 Å². The third kappa shape index (κ3) is 2.33. The lowest BCUT2D eigenvalue weighted by Gasteiger charge is -2.01. The van der Waals surface area contributed by atoms with E-state index in [1.807, 2.05) is 47.3 Å². The average Bonchev–Trinajstić information content (AvgIpc) is 2.68. The summed E-state index contributed by atoms with van der Waals surface area (Å²) in [5.74, 6) is 0. The molecular weight excluding hydrogens is 256 g/mol. The van der Waals surface area contributed by atoms with E-state index in [1.54, 1.807) is 0 Å². The van der Waals surface area contributed by atoms with Crippen LogP contribution in [0.4, 0.5) is 0 Å². The van der Waals surface area contributed by atoms with E-state index in [1.165, 1.54) is 0 Å². The van der Waals surface area contributed by atoms with Gasteiger partial charge < -0.3 is 4.57 Å². The van der Waals surface area contributed by atoms with Crippen LogP contribution in [0.1, 0.15) is 5.56 Å². The molecule has 0 unspecified atom stereocenters. The maximum atomic E-state index is 10.1. The van der Waals surface area contributed by atoms with E-state index >= 15 is 0 Å². The van der Waals surface area contributed by atoms with Gasteiger partial charge in [-0.05, 0) is 35.9 Å². The molecule has 0 aliphatic rings. The zero-order chi connectivity index (χ0) is 10.7. The fraction of sp³-hybridized carbons (Fsp3) is 0.0909. The molecule has 0 N–H and O–H groups in total. The first-order valence-corrected chi connectivity index (χ1v) is 5.31. The molecule has 2 rings (SSSR count). The third-order valence-corrected chi connectivity index (χ3v) is 2.65. The minimum absolute atomic E-state index is 0.226. The summed E-state index contributed by atoms with van der Waals surface area (Å²) in [6, 6.07) is 9.85. The van der Waals surface area contributed by atoms with E-state index in [9.17, 15) is 4.91 Å². The largest absolute Gasteiger partial charge is 0.324 e. The predicted molar refractivity (Wildman–Crippen MR) is 63.0 cm³/mol. The fourth-order valence-electron chi connectivity index (χ4n) is 1.38. The highest BCUT2D eigenvalue weighted by atomic mass is 79.9. The molecule has 15 heavy (non-hydrogen) atoms. The molecule has 2 aromatic rings. The van der Waals surface area contributed by atoms with Gasteiger partial charge in [0, 0.05) is 22.6 Å². The predicted octanol–water partition coefficient (Wildman–Crippen LogP) is 3.51. The Morgan fingerprint density at radius 3 is 2.60 bits per heavy atom. The number of benzene rings is 1. The molecular formula is C11H9BrN2O. The van der Waals surface area contributed by atoms with E-state index in [0.717, 1.165) is 15.7 Å². The maximum absolute atomic E-state index is 10.1. The van der Waals surface area contributed by atoms with Crippen LogP contribution in [0.3, 0.4) is 0 Å². The summed E-state index contributed by atoms with van der Waals surface area (Å²) in [7, 11) is 0. The Hall–Kier alpha value is -1.42. The lowest BCUT2D eigenvalue weighted by atomic mass is 10.3. The van der Waals surface area contributed by atoms with Crippen molar-refractivity contribution < 1.29 is 0 Å². The van der Waals surface area contributed by atoms with Gasteiger partial charge in [0.25, 0.3) is 0 Å². The zero-order valence-corrected chi connectivity index (χ0v) is 9.52. The molecule has 3 nitrogen and oxygen atoms in total. The van der Waals surface area contributed by atoms with Crippen LogP contribution in [0.15, 0.2) is 52.4 Å². The average molecular weight is 265 g/mol. The Morgan fingerprint density at radius 1 is 1.20 bits per heavy atom. The minimum Gasteiger partial charge on any atom is -0.324 e. The summed E-state index contributed by atoms with van der Waals surface area (Å²) >= 11 is 3.38. The highest BCUT2D eigenvalue weighted by molar-refractivity contribution is 9.10. The van der Waals surface area contributed by atoms with Crippen LogP contribution in [-0.2, 0) is 6.54 Å². The number of rotatable bonds is 3. The standard InChI is InChI=1S/C11H9BrN2O/c12-10-1-3-11(4-2-10)14-6-5-9(8-14)7-13-15/h1-6,8H,7H2. The van der Waals surface area contributed by atoms with Gasteiger partial charge in [-0.3, -0.25) is 0 Å². The van der Waals surface area contributed by atoms with Gasteiger partial charge in [-0.25, -0.2) is 0 Å². The first kappa shape index (κ1) is 10.1. The molecule has 4 heteroatoms. The van der Waals surface area contributed by atoms with Gasteiger partial charge >= 0.3 is 0 Å². The molecule has 0 amide bonds. The van der Waals surface area contributed by atoms with E-state index in [0.29, 0.717) is 0 Å². The topological polar surface area (TPSA) is 34.4 Å². The summed E-state index contributed by atoms with van der Waals surface area (Å²) in [5.41, 5.74) is 1.99. The monoisotopic (exact) mass is 264 g/mol. The van der Waals surface area contributed by atoms with Crippen LogP contribution in [-0.4, -0.2) is 4.57 Å². The summed E-state index contributed by atoms with van der Waals surface area (Å²) < 4.78 is 3.01. The van der Waals surface area contributed by atoms with Gasteiger partial charge in [0.1, 0.15) is 6.54 Å². The number of aromatic nitrogens is 1. The van der Waals surface area contributed by atoms with Gasteiger partial charge in [-0.15, -0.1) is 0 Å². The zero-order valence-electron chi connectivity index (χ0n) is 7.93. The second-order valence-corrected chi connectivity index (χ2v) is 4.11. The van der Waals surface area contributed by atoms with Crippen molar-refractivity contribution in [2.45, 2.75) is 6.54 Å². The van der Waals surface area contributed by atoms with Gasteiger partial charge in [-0.1, -0.05) is 21.1 Å². The Kier molecular flexibility index (Phi) is 2.97. The van der Waals surface area contributed by atoms with Crippen molar-refractivity contribution in [3.05, 3.63) is 57.7 Å². The van der Waals surface area contributed by atoms with E-state index in [4.69, 9.17) is 0 Å². The maximum Gasteiger partial charge on any atom is 0.108 e. The van der Waals surface area contributed by atoms with Gasteiger partial charge in [-0.2, -0.15) is 4.91 Å². The van der Waals surface area contributed by atoms with Crippen molar-refractivity contribution in [3.63, 3.8) is 0 Å². The van der Waals surface area contributed by atoms with Crippen LogP contribution in [0.5, 0.6) is 0 Å². The fourth-order valence-corrected chi connectivity index (χ4v) is 1.65. The van der Waals surface area contributed by atoms with Crippen molar-refractivity contribution in [1.82, 2.24) is 4.57 Å². The molecule has 1 heterocycles. The third-order valence-electron chi connectivity index (χ3n) is 2.13. The number of hydrogen-bond donors (Lipinski definition) is 0. The Balaban J connectivity index is 2.28. The van der Waals surface area contributed by atoms with E-state index in [-0.39, 0.29) is 6.54 Å². The van der Waals surface area contributed by atoms with Crippen molar-refractivity contribution >= 4 is 15.9 Å². The summed E-state index contributed by atoms with van der Waals surface area (Å²) in [6.07, 6.45) is 3.83. The first-order chi connectivity index (χ1) is 7.29. The Morgan fingerprint density at radius 2 is 1.93 bits per heavy atom. The van der Waals surface area contributed by atoms with Gasteiger partial charge in [0.05, 0.1) is 0 Å². The number of hydrogen-bond acceptors (Lipinski definition) is 2. The van der Waals surface area contributed by atoms with E-state index < -0.39 is 0 Å². The number of nitrogens with zero attached hydrogens (tertiary/aromatic N) is 2. The summed E-state index contributed by atoms with van der Waals surface area (Å²) in [6.45, 7) is 0.226. The molecule has 0 aliphatic heterocycles. The molecule has 0 aliphatic carbocycles. The smallest absolute Gasteiger partial charge is 0.108 e. The molecule has 1 aromatic carbocycles. The molecule has 0 atom stereocenters. The molecule has 0 bridgehead atoms. The molecule has 0 radical (unpaired) electrons. The summed E-state index contributed by atoms with van der Waals surface area (Å²) in [4.78, 5) is 10.1. The molecule has 0 saturated carbocycles. The van der Waals surface area contributed by atoms with Crippen LogP contribution in [0.25, 0.3) is 5.69 Å². The van der Waals surface area contributed by atoms with Crippen LogP contribution in [0, 0.1) is 4.91 Å². The van der Waals surface area contributed by atoms with Crippen molar-refractivity contribution in [1.29, 1.82) is 0 Å². The SMILES string of the molecule is O=NCc1ccn(-c2ccc(Br)cc2)c1. The van der Waals surface area contributed by atoms with Crippen LogP contribution in [0.2, 0.25) is 0 Å². The van der Waals surface area contributed by atoms with E-state index in [2.05, 4.69) is 21.1 Å². The second kappa shape index (κ2) is 4.40.